The van der Waals surface area contributed by atoms with Gasteiger partial charge in [-0.25, -0.2) is 8.42 Å². The molecule has 0 saturated heterocycles. The molecule has 3 rings (SSSR count). The lowest BCUT2D eigenvalue weighted by Crippen LogP contribution is -2.41. The second kappa shape index (κ2) is 11.7. The summed E-state index contributed by atoms with van der Waals surface area (Å²) in [5.41, 5.74) is 1.12. The number of benzene rings is 2. The van der Waals surface area contributed by atoms with Crippen molar-refractivity contribution in [3.05, 3.63) is 66.2 Å². The van der Waals surface area contributed by atoms with E-state index in [4.69, 9.17) is 0 Å². The van der Waals surface area contributed by atoms with Crippen LogP contribution in [0.2, 0.25) is 0 Å². The molecular weight excluding hydrogens is 390 g/mol. The van der Waals surface area contributed by atoms with Crippen LogP contribution in [0.1, 0.15) is 89.2 Å². The predicted molar refractivity (Wildman–Crippen MR) is 125 cm³/mol. The summed E-state index contributed by atoms with van der Waals surface area (Å²) >= 11 is 0. The second-order valence-electron chi connectivity index (χ2n) is 8.57. The third-order valence-corrected chi connectivity index (χ3v) is 8.30. The minimum atomic E-state index is -3.55. The van der Waals surface area contributed by atoms with Gasteiger partial charge in [-0.2, -0.15) is 4.31 Å². The maximum Gasteiger partial charge on any atom is 0.243 e. The fraction of sp³-hybridized carbons (Fsp3) is 0.538. The monoisotopic (exact) mass is 427 g/mol. The van der Waals surface area contributed by atoms with E-state index in [0.29, 0.717) is 4.90 Å². The Balaban J connectivity index is 1.89. The van der Waals surface area contributed by atoms with Crippen LogP contribution in [-0.2, 0) is 10.0 Å². The van der Waals surface area contributed by atoms with Gasteiger partial charge in [0.25, 0.3) is 0 Å². The molecule has 0 bridgehead atoms. The fourth-order valence-electron chi connectivity index (χ4n) is 4.73. The first kappa shape index (κ1) is 23.0. The molecule has 0 spiro atoms. The molecule has 0 aliphatic heterocycles. The highest BCUT2D eigenvalue weighted by Gasteiger charge is 2.38. The summed E-state index contributed by atoms with van der Waals surface area (Å²) in [5.74, 6) is 0. The van der Waals surface area contributed by atoms with Crippen LogP contribution >= 0.6 is 0 Å². The van der Waals surface area contributed by atoms with Gasteiger partial charge in [-0.1, -0.05) is 107 Å². The molecule has 30 heavy (non-hydrogen) atoms. The lowest BCUT2D eigenvalue weighted by atomic mass is 9.98. The van der Waals surface area contributed by atoms with Crippen molar-refractivity contribution in [1.82, 2.24) is 4.31 Å². The first-order chi connectivity index (χ1) is 14.6. The lowest BCUT2D eigenvalue weighted by Gasteiger charge is -2.36. The maximum absolute atomic E-state index is 13.8. The highest BCUT2D eigenvalue weighted by Crippen LogP contribution is 2.38. The van der Waals surface area contributed by atoms with Crippen LogP contribution in [0.4, 0.5) is 0 Å². The Kier molecular flexibility index (Phi) is 8.95. The average Bonchev–Trinajstić information content (AvgIpc) is 3.30. The smallest absolute Gasteiger partial charge is 0.207 e. The van der Waals surface area contributed by atoms with E-state index in [1.54, 1.807) is 12.1 Å². The Hall–Kier alpha value is -1.65. The van der Waals surface area contributed by atoms with E-state index in [9.17, 15) is 8.42 Å². The number of hydrogen-bond donors (Lipinski definition) is 0. The van der Waals surface area contributed by atoms with Gasteiger partial charge < -0.3 is 0 Å². The van der Waals surface area contributed by atoms with E-state index in [1.807, 2.05) is 40.7 Å². The molecule has 0 heterocycles. The molecule has 1 aliphatic rings. The Labute approximate surface area is 183 Å². The van der Waals surface area contributed by atoms with Gasteiger partial charge in [0.2, 0.25) is 10.0 Å². The lowest BCUT2D eigenvalue weighted by molar-refractivity contribution is 0.236. The highest BCUT2D eigenvalue weighted by atomic mass is 32.2. The van der Waals surface area contributed by atoms with Gasteiger partial charge in [0.15, 0.2) is 0 Å². The molecule has 0 aromatic heterocycles. The Bertz CT molecular complexity index is 830. The number of sulfonamides is 1. The highest BCUT2D eigenvalue weighted by molar-refractivity contribution is 7.89. The van der Waals surface area contributed by atoms with Gasteiger partial charge in [0.05, 0.1) is 10.9 Å². The van der Waals surface area contributed by atoms with Crippen molar-refractivity contribution in [1.29, 1.82) is 0 Å². The van der Waals surface area contributed by atoms with Gasteiger partial charge in [0.1, 0.15) is 0 Å². The molecule has 1 atom stereocenters. The summed E-state index contributed by atoms with van der Waals surface area (Å²) in [6.07, 6.45) is 12.3. The third kappa shape index (κ3) is 5.95. The SMILES string of the molecule is CCCCCCCCC(c1ccccc1)N(C1CCCC1)S(=O)(=O)c1ccccc1. The summed E-state index contributed by atoms with van der Waals surface area (Å²) in [6.45, 7) is 2.24. The number of rotatable bonds is 12. The number of hydrogen-bond acceptors (Lipinski definition) is 2. The van der Waals surface area contributed by atoms with E-state index < -0.39 is 10.0 Å². The minimum Gasteiger partial charge on any atom is -0.207 e. The first-order valence-electron chi connectivity index (χ1n) is 11.8. The molecule has 4 heteroatoms. The van der Waals surface area contributed by atoms with Crippen molar-refractivity contribution in [3.8, 4) is 0 Å². The van der Waals surface area contributed by atoms with Gasteiger partial charge in [0, 0.05) is 6.04 Å². The molecule has 3 nitrogen and oxygen atoms in total. The van der Waals surface area contributed by atoms with E-state index >= 15 is 0 Å². The number of nitrogens with zero attached hydrogens (tertiary/aromatic N) is 1. The van der Waals surface area contributed by atoms with Gasteiger partial charge in [-0.05, 0) is 37.0 Å². The van der Waals surface area contributed by atoms with Gasteiger partial charge in [-0.15, -0.1) is 0 Å². The van der Waals surface area contributed by atoms with E-state index in [0.717, 1.165) is 44.1 Å². The second-order valence-corrected chi connectivity index (χ2v) is 10.4. The standard InChI is InChI=1S/C26H37NO2S/c1-2-3-4-5-6-13-22-26(23-16-9-7-10-17-23)27(24-18-14-15-19-24)30(28,29)25-20-11-8-12-21-25/h7-12,16-17,20-21,24,26H,2-6,13-15,18-19,22H2,1H3. The molecule has 0 radical (unpaired) electrons. The predicted octanol–water partition coefficient (Wildman–Crippen LogP) is 7.11. The molecule has 2 aromatic rings. The van der Waals surface area contributed by atoms with E-state index in [2.05, 4.69) is 19.1 Å². The van der Waals surface area contributed by atoms with Crippen LogP contribution in [0, 0.1) is 0 Å². The number of unbranched alkanes of at least 4 members (excludes halogenated alkanes) is 5. The van der Waals surface area contributed by atoms with Crippen molar-refractivity contribution < 1.29 is 8.42 Å². The quantitative estimate of drug-likeness (QED) is 0.338. The molecule has 2 aromatic carbocycles. The van der Waals surface area contributed by atoms with Crippen LogP contribution in [0.5, 0.6) is 0 Å². The van der Waals surface area contributed by atoms with Crippen molar-refractivity contribution in [2.24, 2.45) is 0 Å². The van der Waals surface area contributed by atoms with E-state index in [-0.39, 0.29) is 12.1 Å². The summed E-state index contributed by atoms with van der Waals surface area (Å²) in [7, 11) is -3.55. The zero-order valence-corrected chi connectivity index (χ0v) is 19.2. The van der Waals surface area contributed by atoms with Crippen LogP contribution in [0.15, 0.2) is 65.6 Å². The topological polar surface area (TPSA) is 37.4 Å². The summed E-state index contributed by atoms with van der Waals surface area (Å²) in [4.78, 5) is 0.417. The van der Waals surface area contributed by atoms with Gasteiger partial charge >= 0.3 is 0 Å². The molecule has 1 aliphatic carbocycles. The molecule has 1 fully saturated rings. The maximum atomic E-state index is 13.8. The largest absolute Gasteiger partial charge is 0.243 e. The normalized spacial score (nSPS) is 16.2. The molecule has 0 amide bonds. The Morgan fingerprint density at radius 1 is 0.833 bits per heavy atom. The average molecular weight is 428 g/mol. The Morgan fingerprint density at radius 2 is 1.40 bits per heavy atom. The molecule has 0 N–H and O–H groups in total. The third-order valence-electron chi connectivity index (χ3n) is 6.33. The minimum absolute atomic E-state index is 0.0920. The van der Waals surface area contributed by atoms with Crippen molar-refractivity contribution in [2.45, 2.75) is 94.5 Å². The van der Waals surface area contributed by atoms with Crippen LogP contribution in [-0.4, -0.2) is 18.8 Å². The fourth-order valence-corrected chi connectivity index (χ4v) is 6.64. The zero-order valence-electron chi connectivity index (χ0n) is 18.4. The van der Waals surface area contributed by atoms with Crippen LogP contribution in [0.3, 0.4) is 0 Å². The summed E-state index contributed by atoms with van der Waals surface area (Å²) in [5, 5.41) is 0. The molecule has 1 unspecified atom stereocenters. The molecular formula is C26H37NO2S. The molecule has 164 valence electrons. The Morgan fingerprint density at radius 3 is 2.03 bits per heavy atom. The van der Waals surface area contributed by atoms with Crippen molar-refractivity contribution in [3.63, 3.8) is 0 Å². The van der Waals surface area contributed by atoms with E-state index in [1.165, 1.54) is 32.1 Å². The van der Waals surface area contributed by atoms with Crippen molar-refractivity contribution in [2.75, 3.05) is 0 Å². The summed E-state index contributed by atoms with van der Waals surface area (Å²) in [6, 6.07) is 19.3. The van der Waals surface area contributed by atoms with Crippen LogP contribution in [0.25, 0.3) is 0 Å². The summed E-state index contributed by atoms with van der Waals surface area (Å²) < 4.78 is 29.6. The van der Waals surface area contributed by atoms with Crippen molar-refractivity contribution >= 4 is 10.0 Å². The molecule has 1 saturated carbocycles. The van der Waals surface area contributed by atoms with Gasteiger partial charge in [-0.3, -0.25) is 0 Å². The first-order valence-corrected chi connectivity index (χ1v) is 13.2. The zero-order chi connectivity index (χ0) is 21.2. The van der Waals surface area contributed by atoms with Crippen LogP contribution < -0.4 is 0 Å².